The van der Waals surface area contributed by atoms with Crippen molar-refractivity contribution in [2.24, 2.45) is 0 Å². The van der Waals surface area contributed by atoms with Gasteiger partial charge in [0.25, 0.3) is 5.91 Å². The lowest BCUT2D eigenvalue weighted by Crippen LogP contribution is -2.36. The average Bonchev–Trinajstić information content (AvgIpc) is 3.08. The lowest BCUT2D eigenvalue weighted by Gasteiger charge is -2.15. The number of hydrogen-bond acceptors (Lipinski definition) is 6. The summed E-state index contributed by atoms with van der Waals surface area (Å²) in [5.74, 6) is -0.497. The van der Waals surface area contributed by atoms with Gasteiger partial charge in [0.05, 0.1) is 16.7 Å². The third kappa shape index (κ3) is 5.27. The molecule has 2 amide bonds. The van der Waals surface area contributed by atoms with Crippen LogP contribution in [-0.2, 0) is 19.4 Å². The van der Waals surface area contributed by atoms with Crippen molar-refractivity contribution in [2.75, 3.05) is 12.3 Å². The Labute approximate surface area is 167 Å². The zero-order valence-corrected chi connectivity index (χ0v) is 16.8. The molecule has 2 aliphatic heterocycles. The number of thioether (sulfide) groups is 1. The molecule has 0 aliphatic carbocycles. The number of rotatable bonds is 6. The van der Waals surface area contributed by atoms with E-state index in [1.54, 1.807) is 6.08 Å². The quantitative estimate of drug-likeness (QED) is 0.558. The first kappa shape index (κ1) is 19.8. The van der Waals surface area contributed by atoms with Gasteiger partial charge < -0.3 is 5.32 Å². The van der Waals surface area contributed by atoms with Crippen molar-refractivity contribution in [1.29, 1.82) is 0 Å². The van der Waals surface area contributed by atoms with Crippen LogP contribution in [0.15, 0.2) is 46.7 Å². The minimum absolute atomic E-state index is 0.0995. The summed E-state index contributed by atoms with van der Waals surface area (Å²) in [4.78, 5) is 26.5. The summed E-state index contributed by atoms with van der Waals surface area (Å²) >= 11 is 6.54. The molecule has 6 nitrogen and oxygen atoms in total. The number of carbonyl (C=O) groups excluding carboxylic acids is 2. The van der Waals surface area contributed by atoms with E-state index in [0.717, 1.165) is 11.0 Å². The van der Waals surface area contributed by atoms with Crippen LogP contribution in [0.4, 0.5) is 0 Å². The van der Waals surface area contributed by atoms with Crippen LogP contribution < -0.4 is 5.32 Å². The minimum atomic E-state index is -3.20. The molecule has 0 saturated carbocycles. The number of carbonyl (C=O) groups is 2. The number of nitrogens with zero attached hydrogens (tertiary/aromatic N) is 1. The highest BCUT2D eigenvalue weighted by Gasteiger charge is 2.31. The largest absolute Gasteiger partial charge is 0.349 e. The third-order valence-corrected chi connectivity index (χ3v) is 6.81. The van der Waals surface area contributed by atoms with Gasteiger partial charge in [0, 0.05) is 18.4 Å². The SMILES string of the molecule is O=C(CCCN1C(=O)C(=Cc2ccccc2)SC1=S)NC1C=CS(=O)(=O)C1. The van der Waals surface area contributed by atoms with Crippen LogP contribution in [0.1, 0.15) is 18.4 Å². The Morgan fingerprint density at radius 3 is 2.74 bits per heavy atom. The maximum Gasteiger partial charge on any atom is 0.266 e. The van der Waals surface area contributed by atoms with Crippen molar-refractivity contribution in [2.45, 2.75) is 18.9 Å². The van der Waals surface area contributed by atoms with Crippen LogP contribution in [0, 0.1) is 0 Å². The van der Waals surface area contributed by atoms with Gasteiger partial charge in [0.15, 0.2) is 9.84 Å². The molecule has 3 rings (SSSR count). The van der Waals surface area contributed by atoms with Crippen molar-refractivity contribution in [1.82, 2.24) is 10.2 Å². The zero-order chi connectivity index (χ0) is 19.4. The molecule has 0 spiro atoms. The number of thiocarbonyl (C=S) groups is 1. The zero-order valence-electron chi connectivity index (χ0n) is 14.3. The van der Waals surface area contributed by atoms with Crippen LogP contribution in [-0.4, -0.2) is 47.8 Å². The molecule has 142 valence electrons. The van der Waals surface area contributed by atoms with Gasteiger partial charge in [-0.15, -0.1) is 0 Å². The monoisotopic (exact) mass is 422 g/mol. The second-order valence-corrected chi connectivity index (χ2v) is 9.79. The van der Waals surface area contributed by atoms with Gasteiger partial charge >= 0.3 is 0 Å². The van der Waals surface area contributed by atoms with E-state index in [2.05, 4.69) is 5.32 Å². The number of benzene rings is 1. The summed E-state index contributed by atoms with van der Waals surface area (Å²) < 4.78 is 23.2. The molecule has 1 N–H and O–H groups in total. The van der Waals surface area contributed by atoms with E-state index in [-0.39, 0.29) is 24.0 Å². The standard InChI is InChI=1S/C18H18N2O4S3/c21-16(19-14-8-10-27(23,24)12-14)7-4-9-20-17(22)15(26-18(20)25)11-13-5-2-1-3-6-13/h1-3,5-6,8,10-11,14H,4,7,9,12H2,(H,19,21). The number of hydrogen-bond donors (Lipinski definition) is 1. The van der Waals surface area contributed by atoms with Crippen molar-refractivity contribution in [3.8, 4) is 0 Å². The van der Waals surface area contributed by atoms with Crippen LogP contribution >= 0.6 is 24.0 Å². The Balaban J connectivity index is 1.49. The highest BCUT2D eigenvalue weighted by Crippen LogP contribution is 2.32. The van der Waals surface area contributed by atoms with E-state index in [9.17, 15) is 18.0 Å². The van der Waals surface area contributed by atoms with Crippen LogP contribution in [0.5, 0.6) is 0 Å². The molecule has 2 heterocycles. The summed E-state index contributed by atoms with van der Waals surface area (Å²) in [5.41, 5.74) is 0.928. The van der Waals surface area contributed by atoms with Gasteiger partial charge in [0.2, 0.25) is 5.91 Å². The molecule has 0 bridgehead atoms. The molecule has 1 fully saturated rings. The Morgan fingerprint density at radius 2 is 2.07 bits per heavy atom. The Kier molecular flexibility index (Phi) is 6.13. The first-order valence-electron chi connectivity index (χ1n) is 8.35. The second kappa shape index (κ2) is 8.37. The Bertz CT molecular complexity index is 923. The predicted molar refractivity (Wildman–Crippen MR) is 110 cm³/mol. The molecule has 9 heteroatoms. The fourth-order valence-corrected chi connectivity index (χ4v) is 5.28. The first-order chi connectivity index (χ1) is 12.8. The molecule has 1 aromatic rings. The molecule has 1 saturated heterocycles. The van der Waals surface area contributed by atoms with Gasteiger partial charge in [-0.3, -0.25) is 14.5 Å². The fraction of sp³-hybridized carbons (Fsp3) is 0.278. The molecular weight excluding hydrogens is 404 g/mol. The normalized spacial score (nSPS) is 22.6. The van der Waals surface area contributed by atoms with E-state index in [1.807, 2.05) is 30.3 Å². The molecule has 1 aromatic carbocycles. The molecule has 27 heavy (non-hydrogen) atoms. The van der Waals surface area contributed by atoms with E-state index in [1.165, 1.54) is 22.7 Å². The molecule has 1 atom stereocenters. The van der Waals surface area contributed by atoms with E-state index in [0.29, 0.717) is 22.2 Å². The van der Waals surface area contributed by atoms with Crippen LogP contribution in [0.2, 0.25) is 0 Å². The molecule has 0 aromatic heterocycles. The topological polar surface area (TPSA) is 83.6 Å². The van der Waals surface area contributed by atoms with Crippen molar-refractivity contribution in [3.05, 3.63) is 52.3 Å². The lowest BCUT2D eigenvalue weighted by molar-refractivity contribution is -0.124. The third-order valence-electron chi connectivity index (χ3n) is 4.03. The first-order valence-corrected chi connectivity index (χ1v) is 11.3. The van der Waals surface area contributed by atoms with Crippen LogP contribution in [0.25, 0.3) is 6.08 Å². The molecule has 1 unspecified atom stereocenters. The van der Waals surface area contributed by atoms with Gasteiger partial charge in [-0.1, -0.05) is 54.3 Å². The average molecular weight is 423 g/mol. The number of nitrogens with one attached hydrogen (secondary N) is 1. The van der Waals surface area contributed by atoms with E-state index in [4.69, 9.17) is 12.2 Å². The maximum atomic E-state index is 12.5. The molecule has 2 aliphatic rings. The van der Waals surface area contributed by atoms with E-state index >= 15 is 0 Å². The summed E-state index contributed by atoms with van der Waals surface area (Å²) in [5, 5.41) is 3.79. The van der Waals surface area contributed by atoms with Crippen molar-refractivity contribution < 1.29 is 18.0 Å². The lowest BCUT2D eigenvalue weighted by atomic mass is 10.2. The summed E-state index contributed by atoms with van der Waals surface area (Å²) in [6.45, 7) is 0.350. The highest BCUT2D eigenvalue weighted by atomic mass is 32.2. The number of amides is 2. The molecular formula is C18H18N2O4S3. The van der Waals surface area contributed by atoms with Crippen LogP contribution in [0.3, 0.4) is 0 Å². The van der Waals surface area contributed by atoms with Gasteiger partial charge in [-0.05, 0) is 24.1 Å². The summed E-state index contributed by atoms with van der Waals surface area (Å²) in [6.07, 6.45) is 3.92. The fourth-order valence-electron chi connectivity index (χ4n) is 2.74. The predicted octanol–water partition coefficient (Wildman–Crippen LogP) is 2.09. The van der Waals surface area contributed by atoms with E-state index < -0.39 is 15.9 Å². The second-order valence-electron chi connectivity index (χ2n) is 6.18. The smallest absolute Gasteiger partial charge is 0.266 e. The Morgan fingerprint density at radius 1 is 1.33 bits per heavy atom. The highest BCUT2D eigenvalue weighted by molar-refractivity contribution is 8.26. The maximum absolute atomic E-state index is 12.5. The molecule has 0 radical (unpaired) electrons. The van der Waals surface area contributed by atoms with Crippen molar-refractivity contribution in [3.63, 3.8) is 0 Å². The van der Waals surface area contributed by atoms with Gasteiger partial charge in [0.1, 0.15) is 4.32 Å². The van der Waals surface area contributed by atoms with Gasteiger partial charge in [-0.25, -0.2) is 8.42 Å². The van der Waals surface area contributed by atoms with Crippen molar-refractivity contribution >= 4 is 56.0 Å². The minimum Gasteiger partial charge on any atom is -0.349 e. The number of sulfone groups is 1. The summed E-state index contributed by atoms with van der Waals surface area (Å²) in [6, 6.07) is 9.05. The summed E-state index contributed by atoms with van der Waals surface area (Å²) in [7, 11) is -3.20. The Hall–Kier alpha value is -1.97. The van der Waals surface area contributed by atoms with Gasteiger partial charge in [-0.2, -0.15) is 0 Å².